The summed E-state index contributed by atoms with van der Waals surface area (Å²) in [4.78, 5) is 40.3. The molecule has 3 atom stereocenters. The maximum Gasteiger partial charge on any atom is 0.309 e. The van der Waals surface area contributed by atoms with Crippen LogP contribution in [0.5, 0.6) is 0 Å². The van der Waals surface area contributed by atoms with Crippen LogP contribution in [-0.4, -0.2) is 73.3 Å². The second-order valence-corrected chi connectivity index (χ2v) is 8.98. The van der Waals surface area contributed by atoms with E-state index in [1.165, 1.54) is 0 Å². The molecule has 0 aliphatic carbocycles. The van der Waals surface area contributed by atoms with Gasteiger partial charge in [0, 0.05) is 19.5 Å². The zero-order valence-corrected chi connectivity index (χ0v) is 21.1. The molecule has 0 unspecified atom stereocenters. The van der Waals surface area contributed by atoms with Crippen molar-refractivity contribution in [2.24, 2.45) is 11.8 Å². The molecule has 0 spiro atoms. The molecule has 0 aromatic heterocycles. The molecule has 1 aliphatic heterocycles. The standard InChI is InChI=1S/C28H40N2O6/c1-3-9-23(20-26(32)29-14-17-35-18-16-31)27(33)30-15-8-13-25(30)21-36-28(34)24(10-4-2)19-22-11-6-5-7-12-22/h3-7,11-12,23-25,31H,1-2,8-10,13-21H2,(H,29,32)/t23-,24+,25-/m0/s1. The van der Waals surface area contributed by atoms with E-state index in [0.29, 0.717) is 39.0 Å². The largest absolute Gasteiger partial charge is 0.463 e. The van der Waals surface area contributed by atoms with Gasteiger partial charge < -0.3 is 24.8 Å². The Morgan fingerprint density at radius 2 is 1.83 bits per heavy atom. The third kappa shape index (κ3) is 9.95. The van der Waals surface area contributed by atoms with Crippen molar-refractivity contribution in [3.63, 3.8) is 0 Å². The molecular formula is C28H40N2O6. The van der Waals surface area contributed by atoms with E-state index in [-0.39, 0.29) is 56.0 Å². The van der Waals surface area contributed by atoms with Gasteiger partial charge in [-0.1, -0.05) is 42.5 Å². The van der Waals surface area contributed by atoms with Gasteiger partial charge in [-0.05, 0) is 37.7 Å². The summed E-state index contributed by atoms with van der Waals surface area (Å²) in [5.41, 5.74) is 1.06. The number of amides is 2. The molecular weight excluding hydrogens is 460 g/mol. The lowest BCUT2D eigenvalue weighted by Crippen LogP contribution is -2.43. The van der Waals surface area contributed by atoms with Gasteiger partial charge in [0.2, 0.25) is 11.8 Å². The van der Waals surface area contributed by atoms with Crippen LogP contribution in [0.25, 0.3) is 0 Å². The third-order valence-corrected chi connectivity index (χ3v) is 6.22. The molecule has 198 valence electrons. The normalized spacial score (nSPS) is 16.7. The molecule has 2 N–H and O–H groups in total. The molecule has 8 nitrogen and oxygen atoms in total. The lowest BCUT2D eigenvalue weighted by atomic mass is 9.96. The summed E-state index contributed by atoms with van der Waals surface area (Å²) >= 11 is 0. The van der Waals surface area contributed by atoms with E-state index in [2.05, 4.69) is 18.5 Å². The average Bonchev–Trinajstić information content (AvgIpc) is 3.35. The summed E-state index contributed by atoms with van der Waals surface area (Å²) in [5, 5.41) is 11.5. The summed E-state index contributed by atoms with van der Waals surface area (Å²) in [7, 11) is 0. The molecule has 1 aromatic carbocycles. The summed E-state index contributed by atoms with van der Waals surface area (Å²) in [6.45, 7) is 8.98. The fourth-order valence-corrected chi connectivity index (χ4v) is 4.39. The monoisotopic (exact) mass is 500 g/mol. The number of nitrogens with zero attached hydrogens (tertiary/aromatic N) is 1. The number of esters is 1. The number of carbonyl (C=O) groups is 3. The van der Waals surface area contributed by atoms with Crippen LogP contribution in [0.4, 0.5) is 0 Å². The van der Waals surface area contributed by atoms with Crippen molar-refractivity contribution in [2.75, 3.05) is 39.5 Å². The first kappa shape index (κ1) is 29.3. The molecule has 1 aliphatic rings. The fraction of sp³-hybridized carbons (Fsp3) is 0.536. The number of hydrogen-bond donors (Lipinski definition) is 2. The van der Waals surface area contributed by atoms with Crippen molar-refractivity contribution in [3.05, 3.63) is 61.2 Å². The number of carbonyl (C=O) groups excluding carboxylic acids is 3. The van der Waals surface area contributed by atoms with Crippen molar-refractivity contribution < 1.29 is 29.0 Å². The molecule has 36 heavy (non-hydrogen) atoms. The Balaban J connectivity index is 1.90. The van der Waals surface area contributed by atoms with Crippen LogP contribution in [0.1, 0.15) is 37.7 Å². The molecule has 1 fully saturated rings. The van der Waals surface area contributed by atoms with Gasteiger partial charge >= 0.3 is 5.97 Å². The smallest absolute Gasteiger partial charge is 0.309 e. The lowest BCUT2D eigenvalue weighted by molar-refractivity contribution is -0.152. The molecule has 0 bridgehead atoms. The zero-order valence-electron chi connectivity index (χ0n) is 21.1. The SMILES string of the molecule is C=CC[C@H](Cc1ccccc1)C(=O)OC[C@@H]1CCCN1C(=O)[C@@H](CC=C)CC(=O)NCCOCCO. The van der Waals surface area contributed by atoms with Crippen molar-refractivity contribution in [1.82, 2.24) is 10.2 Å². The predicted molar refractivity (Wildman–Crippen MR) is 138 cm³/mol. The molecule has 1 aromatic rings. The van der Waals surface area contributed by atoms with E-state index in [1.54, 1.807) is 17.1 Å². The number of hydrogen-bond acceptors (Lipinski definition) is 6. The maximum absolute atomic E-state index is 13.3. The van der Waals surface area contributed by atoms with Gasteiger partial charge in [0.05, 0.1) is 37.7 Å². The molecule has 0 radical (unpaired) electrons. The van der Waals surface area contributed by atoms with Crippen LogP contribution in [0.3, 0.4) is 0 Å². The maximum atomic E-state index is 13.3. The number of allylic oxidation sites excluding steroid dienone is 2. The molecule has 2 amide bonds. The van der Waals surface area contributed by atoms with E-state index in [0.717, 1.165) is 18.4 Å². The van der Waals surface area contributed by atoms with E-state index < -0.39 is 5.92 Å². The molecule has 1 heterocycles. The first-order chi connectivity index (χ1) is 17.5. The van der Waals surface area contributed by atoms with E-state index >= 15 is 0 Å². The van der Waals surface area contributed by atoms with Crippen molar-refractivity contribution in [2.45, 2.75) is 44.6 Å². The average molecular weight is 501 g/mol. The van der Waals surface area contributed by atoms with Gasteiger partial charge in [-0.3, -0.25) is 14.4 Å². The number of likely N-dealkylation sites (tertiary alicyclic amines) is 1. The first-order valence-electron chi connectivity index (χ1n) is 12.7. The molecule has 1 saturated heterocycles. The first-order valence-corrected chi connectivity index (χ1v) is 12.7. The number of rotatable bonds is 17. The number of benzene rings is 1. The Bertz CT molecular complexity index is 844. The van der Waals surface area contributed by atoms with Crippen LogP contribution >= 0.6 is 0 Å². The van der Waals surface area contributed by atoms with Crippen LogP contribution in [-0.2, 0) is 30.3 Å². The zero-order chi connectivity index (χ0) is 26.2. The van der Waals surface area contributed by atoms with Crippen LogP contribution in [0.15, 0.2) is 55.6 Å². The number of nitrogens with one attached hydrogen (secondary N) is 1. The van der Waals surface area contributed by atoms with Gasteiger partial charge in [0.25, 0.3) is 0 Å². The van der Waals surface area contributed by atoms with E-state index in [4.69, 9.17) is 14.6 Å². The number of aliphatic hydroxyl groups is 1. The van der Waals surface area contributed by atoms with Gasteiger partial charge in [-0.2, -0.15) is 0 Å². The van der Waals surface area contributed by atoms with Gasteiger partial charge in [-0.15, -0.1) is 13.2 Å². The Morgan fingerprint density at radius 1 is 1.11 bits per heavy atom. The quantitative estimate of drug-likeness (QED) is 0.194. The van der Waals surface area contributed by atoms with Crippen LogP contribution < -0.4 is 5.32 Å². The Morgan fingerprint density at radius 3 is 2.53 bits per heavy atom. The molecule has 2 rings (SSSR count). The third-order valence-electron chi connectivity index (χ3n) is 6.22. The summed E-state index contributed by atoms with van der Waals surface area (Å²) in [6.07, 6.45) is 6.46. The minimum absolute atomic E-state index is 0.0480. The molecule has 8 heteroatoms. The Hall–Kier alpha value is -2.97. The highest BCUT2D eigenvalue weighted by atomic mass is 16.5. The minimum Gasteiger partial charge on any atom is -0.463 e. The van der Waals surface area contributed by atoms with Gasteiger partial charge in [0.15, 0.2) is 0 Å². The second-order valence-electron chi connectivity index (χ2n) is 8.98. The lowest BCUT2D eigenvalue weighted by Gasteiger charge is -2.28. The highest BCUT2D eigenvalue weighted by Crippen LogP contribution is 2.24. The summed E-state index contributed by atoms with van der Waals surface area (Å²) < 4.78 is 10.8. The van der Waals surface area contributed by atoms with Crippen LogP contribution in [0.2, 0.25) is 0 Å². The topological polar surface area (TPSA) is 105 Å². The van der Waals surface area contributed by atoms with Crippen molar-refractivity contribution in [1.29, 1.82) is 0 Å². The summed E-state index contributed by atoms with van der Waals surface area (Å²) in [5.74, 6) is -1.49. The fourth-order valence-electron chi connectivity index (χ4n) is 4.39. The van der Waals surface area contributed by atoms with Gasteiger partial charge in [0.1, 0.15) is 6.61 Å². The highest BCUT2D eigenvalue weighted by molar-refractivity contribution is 5.86. The number of ether oxygens (including phenoxy) is 2. The summed E-state index contributed by atoms with van der Waals surface area (Å²) in [6, 6.07) is 9.59. The van der Waals surface area contributed by atoms with Crippen molar-refractivity contribution >= 4 is 17.8 Å². The highest BCUT2D eigenvalue weighted by Gasteiger charge is 2.34. The Labute approximate surface area is 214 Å². The van der Waals surface area contributed by atoms with E-state index in [1.807, 2.05) is 30.3 Å². The Kier molecular flexibility index (Phi) is 13.5. The second kappa shape index (κ2) is 16.7. The van der Waals surface area contributed by atoms with Gasteiger partial charge in [-0.25, -0.2) is 0 Å². The predicted octanol–water partition coefficient (Wildman–Crippen LogP) is 2.66. The van der Waals surface area contributed by atoms with E-state index in [9.17, 15) is 14.4 Å². The minimum atomic E-state index is -0.524. The molecule has 0 saturated carbocycles. The van der Waals surface area contributed by atoms with Crippen LogP contribution in [0, 0.1) is 11.8 Å². The number of aliphatic hydroxyl groups excluding tert-OH is 1. The van der Waals surface area contributed by atoms with Crippen molar-refractivity contribution in [3.8, 4) is 0 Å².